The molecular weight excluding hydrogens is 292 g/mol. The quantitative estimate of drug-likeness (QED) is 0.945. The van der Waals surface area contributed by atoms with Gasteiger partial charge in [0.25, 0.3) is 5.91 Å². The Kier molecular flexibility index (Phi) is 4.10. The van der Waals surface area contributed by atoms with Gasteiger partial charge in [-0.2, -0.15) is 0 Å². The van der Waals surface area contributed by atoms with Crippen molar-refractivity contribution in [3.8, 4) is 0 Å². The van der Waals surface area contributed by atoms with Gasteiger partial charge in [-0.15, -0.1) is 0 Å². The minimum atomic E-state index is -0.125. The van der Waals surface area contributed by atoms with E-state index >= 15 is 0 Å². The van der Waals surface area contributed by atoms with Gasteiger partial charge in [-0.1, -0.05) is 30.3 Å². The fraction of sp³-hybridized carbons (Fsp3) is 0.143. The molecule has 0 radical (unpaired) electrons. The highest BCUT2D eigenvalue weighted by molar-refractivity contribution is 9.10. The summed E-state index contributed by atoms with van der Waals surface area (Å²) in [5.41, 5.74) is 1.63. The maximum Gasteiger partial charge on any atom is 0.253 e. The number of hydrogen-bond donors (Lipinski definition) is 1. The van der Waals surface area contributed by atoms with Gasteiger partial charge < -0.3 is 5.32 Å². The molecule has 2 aromatic rings. The number of halogens is 1. The highest BCUT2D eigenvalue weighted by atomic mass is 79.9. The third-order valence-electron chi connectivity index (χ3n) is 2.61. The van der Waals surface area contributed by atoms with E-state index in [-0.39, 0.29) is 11.9 Å². The number of amides is 1. The summed E-state index contributed by atoms with van der Waals surface area (Å²) in [5, 5.41) is 2.94. The first kappa shape index (κ1) is 12.8. The van der Waals surface area contributed by atoms with Crippen LogP contribution in [0.15, 0.2) is 53.3 Å². The van der Waals surface area contributed by atoms with Gasteiger partial charge in [0.05, 0.1) is 11.6 Å². The molecule has 1 heterocycles. The van der Waals surface area contributed by atoms with Crippen molar-refractivity contribution in [3.63, 3.8) is 0 Å². The van der Waals surface area contributed by atoms with Gasteiger partial charge in [-0.25, -0.2) is 0 Å². The Bertz CT molecular complexity index is 543. The maximum absolute atomic E-state index is 12.0. The van der Waals surface area contributed by atoms with Gasteiger partial charge in [-0.05, 0) is 34.5 Å². The molecule has 0 spiro atoms. The van der Waals surface area contributed by atoms with Crippen LogP contribution in [-0.2, 0) is 0 Å². The van der Waals surface area contributed by atoms with Crippen molar-refractivity contribution >= 4 is 21.8 Å². The van der Waals surface area contributed by atoms with Gasteiger partial charge in [0.15, 0.2) is 0 Å². The van der Waals surface area contributed by atoms with E-state index in [1.54, 1.807) is 18.5 Å². The van der Waals surface area contributed by atoms with Crippen molar-refractivity contribution in [2.45, 2.75) is 13.0 Å². The average Bonchev–Trinajstić information content (AvgIpc) is 2.39. The topological polar surface area (TPSA) is 42.0 Å². The van der Waals surface area contributed by atoms with E-state index in [1.807, 2.05) is 37.3 Å². The van der Waals surface area contributed by atoms with E-state index in [4.69, 9.17) is 0 Å². The molecule has 18 heavy (non-hydrogen) atoms. The number of carbonyl (C=O) groups is 1. The minimum Gasteiger partial charge on any atom is -0.345 e. The first-order valence-corrected chi connectivity index (χ1v) is 6.42. The number of hydrogen-bond acceptors (Lipinski definition) is 2. The van der Waals surface area contributed by atoms with Crippen molar-refractivity contribution in [2.24, 2.45) is 0 Å². The SMILES string of the molecule is C[C@@H](NC(=O)c1cncc(Br)c1)c1ccccc1. The standard InChI is InChI=1S/C14H13BrN2O/c1-10(11-5-3-2-4-6-11)17-14(18)12-7-13(15)9-16-8-12/h2-10H,1H3,(H,17,18)/t10-/m1/s1. The third-order valence-corrected chi connectivity index (χ3v) is 3.05. The lowest BCUT2D eigenvalue weighted by molar-refractivity contribution is 0.0939. The summed E-state index contributed by atoms with van der Waals surface area (Å²) in [6, 6.07) is 11.6. The number of rotatable bonds is 3. The fourth-order valence-electron chi connectivity index (χ4n) is 1.64. The summed E-state index contributed by atoms with van der Waals surface area (Å²) < 4.78 is 0.794. The van der Waals surface area contributed by atoms with Crippen LogP contribution in [0.3, 0.4) is 0 Å². The molecule has 1 N–H and O–H groups in total. The molecule has 1 aromatic carbocycles. The van der Waals surface area contributed by atoms with Crippen molar-refractivity contribution in [3.05, 3.63) is 64.4 Å². The molecule has 0 saturated heterocycles. The molecule has 0 unspecified atom stereocenters. The summed E-state index contributed by atoms with van der Waals surface area (Å²) >= 11 is 3.30. The van der Waals surface area contributed by atoms with Crippen LogP contribution >= 0.6 is 15.9 Å². The third kappa shape index (κ3) is 3.17. The van der Waals surface area contributed by atoms with Gasteiger partial charge in [-0.3, -0.25) is 9.78 Å². The van der Waals surface area contributed by atoms with Crippen LogP contribution < -0.4 is 5.32 Å². The van der Waals surface area contributed by atoms with Gasteiger partial charge in [0, 0.05) is 16.9 Å². The van der Waals surface area contributed by atoms with Crippen LogP contribution in [0.2, 0.25) is 0 Å². The summed E-state index contributed by atoms with van der Waals surface area (Å²) in [4.78, 5) is 16.0. The lowest BCUT2D eigenvalue weighted by Gasteiger charge is -2.14. The van der Waals surface area contributed by atoms with Gasteiger partial charge in [0.1, 0.15) is 0 Å². The van der Waals surface area contributed by atoms with E-state index in [1.165, 1.54) is 0 Å². The highest BCUT2D eigenvalue weighted by Crippen LogP contribution is 2.14. The smallest absolute Gasteiger partial charge is 0.253 e. The zero-order valence-electron chi connectivity index (χ0n) is 9.93. The zero-order valence-corrected chi connectivity index (χ0v) is 11.5. The van der Waals surface area contributed by atoms with Crippen LogP contribution in [-0.4, -0.2) is 10.9 Å². The van der Waals surface area contributed by atoms with Gasteiger partial charge in [0.2, 0.25) is 0 Å². The summed E-state index contributed by atoms with van der Waals surface area (Å²) in [7, 11) is 0. The number of carbonyl (C=O) groups excluding carboxylic acids is 1. The van der Waals surface area contributed by atoms with Crippen LogP contribution in [0, 0.1) is 0 Å². The second-order valence-electron chi connectivity index (χ2n) is 4.00. The Hall–Kier alpha value is -1.68. The Labute approximate surface area is 114 Å². The van der Waals surface area contributed by atoms with E-state index in [2.05, 4.69) is 26.2 Å². The minimum absolute atomic E-state index is 0.0299. The van der Waals surface area contributed by atoms with E-state index < -0.39 is 0 Å². The predicted octanol–water partition coefficient (Wildman–Crippen LogP) is 3.34. The highest BCUT2D eigenvalue weighted by Gasteiger charge is 2.11. The molecule has 0 aliphatic heterocycles. The number of nitrogens with one attached hydrogen (secondary N) is 1. The molecular formula is C14H13BrN2O. The van der Waals surface area contributed by atoms with E-state index in [9.17, 15) is 4.79 Å². The van der Waals surface area contributed by atoms with Crippen LogP contribution in [0.1, 0.15) is 28.9 Å². The van der Waals surface area contributed by atoms with Crippen molar-refractivity contribution in [2.75, 3.05) is 0 Å². The molecule has 0 aliphatic rings. The second kappa shape index (κ2) is 5.78. The molecule has 0 aliphatic carbocycles. The average molecular weight is 305 g/mol. The molecule has 0 saturated carbocycles. The molecule has 1 amide bonds. The number of benzene rings is 1. The van der Waals surface area contributed by atoms with Crippen LogP contribution in [0.25, 0.3) is 0 Å². The van der Waals surface area contributed by atoms with Crippen molar-refractivity contribution in [1.82, 2.24) is 10.3 Å². The molecule has 0 fully saturated rings. The first-order valence-electron chi connectivity index (χ1n) is 5.63. The molecule has 1 aromatic heterocycles. The summed E-state index contributed by atoms with van der Waals surface area (Å²) in [6.07, 6.45) is 3.20. The molecule has 92 valence electrons. The zero-order chi connectivity index (χ0) is 13.0. The van der Waals surface area contributed by atoms with Crippen LogP contribution in [0.4, 0.5) is 0 Å². The largest absolute Gasteiger partial charge is 0.345 e. The lowest BCUT2D eigenvalue weighted by Crippen LogP contribution is -2.26. The first-order chi connectivity index (χ1) is 8.66. The van der Waals surface area contributed by atoms with Crippen molar-refractivity contribution in [1.29, 1.82) is 0 Å². The molecule has 3 nitrogen and oxygen atoms in total. The van der Waals surface area contributed by atoms with Crippen LogP contribution in [0.5, 0.6) is 0 Å². The Morgan fingerprint density at radius 2 is 2.00 bits per heavy atom. The second-order valence-corrected chi connectivity index (χ2v) is 4.91. The van der Waals surface area contributed by atoms with Crippen molar-refractivity contribution < 1.29 is 4.79 Å². The lowest BCUT2D eigenvalue weighted by atomic mass is 10.1. The number of pyridine rings is 1. The Balaban J connectivity index is 2.08. The molecule has 1 atom stereocenters. The van der Waals surface area contributed by atoms with Gasteiger partial charge >= 0.3 is 0 Å². The normalized spacial score (nSPS) is 11.9. The Morgan fingerprint density at radius 1 is 1.28 bits per heavy atom. The maximum atomic E-state index is 12.0. The molecule has 4 heteroatoms. The molecule has 2 rings (SSSR count). The molecule has 0 bridgehead atoms. The fourth-order valence-corrected chi connectivity index (χ4v) is 2.01. The summed E-state index contributed by atoms with van der Waals surface area (Å²) in [5.74, 6) is -0.125. The predicted molar refractivity (Wildman–Crippen MR) is 74.3 cm³/mol. The summed E-state index contributed by atoms with van der Waals surface area (Å²) in [6.45, 7) is 1.96. The van der Waals surface area contributed by atoms with E-state index in [0.717, 1.165) is 10.0 Å². The number of nitrogens with zero attached hydrogens (tertiary/aromatic N) is 1. The van der Waals surface area contributed by atoms with E-state index in [0.29, 0.717) is 5.56 Å². The monoisotopic (exact) mass is 304 g/mol. The number of aromatic nitrogens is 1. The Morgan fingerprint density at radius 3 is 2.67 bits per heavy atom.